The minimum atomic E-state index is -1.33. The van der Waals surface area contributed by atoms with Crippen LogP contribution in [0.25, 0.3) is 32.8 Å². The van der Waals surface area contributed by atoms with Gasteiger partial charge >= 0.3 is 6.16 Å². The van der Waals surface area contributed by atoms with Gasteiger partial charge in [0.2, 0.25) is 5.88 Å². The molecule has 0 unspecified atom stereocenters. The summed E-state index contributed by atoms with van der Waals surface area (Å²) >= 11 is 0. The number of benzene rings is 4. The first-order chi connectivity index (χ1) is 16.6. The van der Waals surface area contributed by atoms with E-state index in [2.05, 4.69) is 18.2 Å². The van der Waals surface area contributed by atoms with E-state index >= 15 is 0 Å². The highest BCUT2D eigenvalue weighted by Crippen LogP contribution is 2.41. The van der Waals surface area contributed by atoms with Crippen LogP contribution in [-0.2, 0) is 6.54 Å². The molecule has 0 saturated heterocycles. The zero-order valence-corrected chi connectivity index (χ0v) is 18.9. The molecule has 0 saturated carbocycles. The zero-order valence-electron chi connectivity index (χ0n) is 18.9. The molecular formula is C29H25NO4. The number of hydrogen-bond acceptors (Lipinski definition) is 3. The molecule has 1 aromatic heterocycles. The first-order valence-corrected chi connectivity index (χ1v) is 11.3. The fourth-order valence-corrected chi connectivity index (χ4v) is 4.53. The molecule has 5 heteroatoms. The topological polar surface area (TPSA) is 60.7 Å². The summed E-state index contributed by atoms with van der Waals surface area (Å²) in [5.74, 6) is 1.19. The summed E-state index contributed by atoms with van der Waals surface area (Å²) in [4.78, 5) is 11.6. The third kappa shape index (κ3) is 4.08. The van der Waals surface area contributed by atoms with Crippen molar-refractivity contribution in [2.45, 2.75) is 19.9 Å². The van der Waals surface area contributed by atoms with Crippen LogP contribution in [0.2, 0.25) is 0 Å². The van der Waals surface area contributed by atoms with Gasteiger partial charge in [-0.15, -0.1) is 0 Å². The second kappa shape index (κ2) is 9.32. The smallest absolute Gasteiger partial charge is 0.493 e. The van der Waals surface area contributed by atoms with Gasteiger partial charge in [0.25, 0.3) is 0 Å². The molecule has 1 heterocycles. The lowest BCUT2D eigenvalue weighted by Gasteiger charge is -2.13. The molecule has 0 spiro atoms. The number of hydrogen-bond donors (Lipinski definition) is 1. The second-order valence-corrected chi connectivity index (χ2v) is 8.21. The molecule has 0 amide bonds. The normalized spacial score (nSPS) is 11.1. The average molecular weight is 452 g/mol. The maximum absolute atomic E-state index is 11.6. The summed E-state index contributed by atoms with van der Waals surface area (Å²) in [6.45, 7) is 3.07. The number of aromatic nitrogens is 1. The Morgan fingerprint density at radius 1 is 0.853 bits per heavy atom. The van der Waals surface area contributed by atoms with Gasteiger partial charge in [-0.2, -0.15) is 0 Å². The predicted octanol–water partition coefficient (Wildman–Crippen LogP) is 7.30. The van der Waals surface area contributed by atoms with Crippen molar-refractivity contribution in [3.05, 3.63) is 96.6 Å². The molecule has 0 aliphatic carbocycles. The molecule has 0 aliphatic rings. The summed E-state index contributed by atoms with van der Waals surface area (Å²) in [6.07, 6.45) is -0.642. The van der Waals surface area contributed by atoms with Crippen molar-refractivity contribution in [1.82, 2.24) is 4.57 Å². The van der Waals surface area contributed by atoms with Crippen LogP contribution in [0.4, 0.5) is 4.79 Å². The van der Waals surface area contributed by atoms with Gasteiger partial charge in [0.05, 0.1) is 17.7 Å². The maximum atomic E-state index is 11.6. The summed E-state index contributed by atoms with van der Waals surface area (Å²) in [5, 5.41) is 12.7. The Balaban J connectivity index is 1.47. The van der Waals surface area contributed by atoms with Crippen LogP contribution in [0.5, 0.6) is 11.6 Å². The van der Waals surface area contributed by atoms with Gasteiger partial charge in [-0.05, 0) is 42.0 Å². The Kier molecular flexibility index (Phi) is 5.91. The molecule has 0 bridgehead atoms. The minimum absolute atomic E-state index is 0.341. The predicted molar refractivity (Wildman–Crippen MR) is 135 cm³/mol. The Morgan fingerprint density at radius 2 is 1.56 bits per heavy atom. The summed E-state index contributed by atoms with van der Waals surface area (Å²) < 4.78 is 13.4. The Morgan fingerprint density at radius 3 is 2.38 bits per heavy atom. The second-order valence-electron chi connectivity index (χ2n) is 8.21. The molecule has 0 radical (unpaired) electrons. The third-order valence-electron chi connectivity index (χ3n) is 6.05. The van der Waals surface area contributed by atoms with E-state index in [0.29, 0.717) is 25.5 Å². The lowest BCUT2D eigenvalue weighted by Crippen LogP contribution is -2.11. The molecule has 4 aromatic carbocycles. The quantitative estimate of drug-likeness (QED) is 0.208. The van der Waals surface area contributed by atoms with Crippen molar-refractivity contribution in [3.63, 3.8) is 0 Å². The standard InChI is InChI=1S/C29H25NO4/c1-20-10-2-4-13-22(20)27-24-15-6-7-16-25(24)30(28(27)34-29(31)32)18-9-19-33-26-17-8-12-21-11-3-5-14-23(21)26/h2-8,10-17H,9,18-19H2,1H3,(H,31,32). The van der Waals surface area contributed by atoms with Crippen LogP contribution in [0, 0.1) is 6.92 Å². The molecule has 0 atom stereocenters. The Hall–Kier alpha value is -4.25. The number of rotatable bonds is 7. The molecule has 0 fully saturated rings. The SMILES string of the molecule is Cc1ccccc1-c1c(OC(=O)O)n(CCCOc2cccc3ccccc23)c2ccccc12. The zero-order chi connectivity index (χ0) is 23.5. The van der Waals surface area contributed by atoms with Crippen LogP contribution < -0.4 is 9.47 Å². The molecule has 5 nitrogen and oxygen atoms in total. The van der Waals surface area contributed by atoms with Crippen LogP contribution in [0.3, 0.4) is 0 Å². The van der Waals surface area contributed by atoms with Crippen LogP contribution in [0.15, 0.2) is 91.0 Å². The highest BCUT2D eigenvalue weighted by Gasteiger charge is 2.22. The molecule has 5 rings (SSSR count). The van der Waals surface area contributed by atoms with E-state index in [0.717, 1.165) is 44.1 Å². The van der Waals surface area contributed by atoms with Gasteiger partial charge in [-0.1, -0.05) is 78.9 Å². The lowest BCUT2D eigenvalue weighted by atomic mass is 10.00. The van der Waals surface area contributed by atoms with Crippen LogP contribution >= 0.6 is 0 Å². The van der Waals surface area contributed by atoms with Crippen LogP contribution in [-0.4, -0.2) is 22.4 Å². The van der Waals surface area contributed by atoms with Crippen molar-refractivity contribution < 1.29 is 19.4 Å². The van der Waals surface area contributed by atoms with Gasteiger partial charge < -0.3 is 19.1 Å². The highest BCUT2D eigenvalue weighted by molar-refractivity contribution is 6.01. The van der Waals surface area contributed by atoms with Gasteiger partial charge in [0.15, 0.2) is 0 Å². The van der Waals surface area contributed by atoms with E-state index in [4.69, 9.17) is 9.47 Å². The number of fused-ring (bicyclic) bond motifs is 2. The molecule has 0 aliphatic heterocycles. The minimum Gasteiger partial charge on any atom is -0.493 e. The number of carbonyl (C=O) groups is 1. The lowest BCUT2D eigenvalue weighted by molar-refractivity contribution is 0.141. The van der Waals surface area contributed by atoms with Crippen molar-refractivity contribution in [1.29, 1.82) is 0 Å². The first-order valence-electron chi connectivity index (χ1n) is 11.3. The fourth-order valence-electron chi connectivity index (χ4n) is 4.53. The average Bonchev–Trinajstić information content (AvgIpc) is 3.14. The summed E-state index contributed by atoms with van der Waals surface area (Å²) in [5.41, 5.74) is 3.74. The first kappa shape index (κ1) is 21.6. The van der Waals surface area contributed by atoms with Crippen molar-refractivity contribution >= 4 is 27.8 Å². The number of ether oxygens (including phenoxy) is 2. The summed E-state index contributed by atoms with van der Waals surface area (Å²) in [7, 11) is 0. The molecule has 170 valence electrons. The summed E-state index contributed by atoms with van der Waals surface area (Å²) in [6, 6.07) is 30.0. The fraction of sp³-hybridized carbons (Fsp3) is 0.138. The Bertz CT molecular complexity index is 1480. The van der Waals surface area contributed by atoms with E-state index in [-0.39, 0.29) is 0 Å². The van der Waals surface area contributed by atoms with Gasteiger partial charge in [-0.25, -0.2) is 4.79 Å². The van der Waals surface area contributed by atoms with Gasteiger partial charge in [0, 0.05) is 17.3 Å². The van der Waals surface area contributed by atoms with Crippen molar-refractivity contribution in [3.8, 4) is 22.8 Å². The van der Waals surface area contributed by atoms with E-state index in [9.17, 15) is 9.90 Å². The van der Waals surface area contributed by atoms with Crippen LogP contribution in [0.1, 0.15) is 12.0 Å². The van der Waals surface area contributed by atoms with E-state index in [1.54, 1.807) is 0 Å². The Labute approximate surface area is 197 Å². The monoisotopic (exact) mass is 451 g/mol. The molecular weight excluding hydrogens is 426 g/mol. The van der Waals surface area contributed by atoms with E-state index in [1.807, 2.05) is 84.3 Å². The van der Waals surface area contributed by atoms with E-state index in [1.165, 1.54) is 0 Å². The number of para-hydroxylation sites is 1. The van der Waals surface area contributed by atoms with Gasteiger partial charge in [0.1, 0.15) is 5.75 Å². The highest BCUT2D eigenvalue weighted by atomic mass is 16.7. The number of aryl methyl sites for hydroxylation is 2. The molecule has 34 heavy (non-hydrogen) atoms. The molecule has 1 N–H and O–H groups in total. The number of nitrogens with zero attached hydrogens (tertiary/aromatic N) is 1. The number of carboxylic acid groups (broad SMARTS) is 1. The van der Waals surface area contributed by atoms with Crippen molar-refractivity contribution in [2.75, 3.05) is 6.61 Å². The maximum Gasteiger partial charge on any atom is 0.512 e. The largest absolute Gasteiger partial charge is 0.512 e. The van der Waals surface area contributed by atoms with Gasteiger partial charge in [-0.3, -0.25) is 0 Å². The van der Waals surface area contributed by atoms with E-state index < -0.39 is 6.16 Å². The van der Waals surface area contributed by atoms with Crippen molar-refractivity contribution in [2.24, 2.45) is 0 Å². The third-order valence-corrected chi connectivity index (χ3v) is 6.05. The molecule has 5 aromatic rings.